The van der Waals surface area contributed by atoms with Crippen molar-refractivity contribution in [2.75, 3.05) is 7.11 Å². The molecule has 1 aliphatic heterocycles. The molecule has 1 heterocycles. The number of rotatable bonds is 5. The Morgan fingerprint density at radius 1 is 1.39 bits per heavy atom. The van der Waals surface area contributed by atoms with Gasteiger partial charge in [-0.1, -0.05) is 20.8 Å². The average Bonchev–Trinajstić information content (AvgIpc) is 2.65. The summed E-state index contributed by atoms with van der Waals surface area (Å²) in [7, 11) is 1.69. The maximum absolute atomic E-state index is 12.7. The SMILES string of the molecule is CCC(C(=O)N1C(C)C(C)C[C@H]1CC)C(C)OC. The molecule has 0 aliphatic carbocycles. The highest BCUT2D eigenvalue weighted by Gasteiger charge is 2.41. The van der Waals surface area contributed by atoms with Gasteiger partial charge in [0, 0.05) is 19.2 Å². The Morgan fingerprint density at radius 2 is 2.00 bits per heavy atom. The number of carbonyl (C=O) groups excluding carboxylic acids is 1. The van der Waals surface area contributed by atoms with Crippen molar-refractivity contribution in [3.05, 3.63) is 0 Å². The predicted molar refractivity (Wildman–Crippen MR) is 74.4 cm³/mol. The van der Waals surface area contributed by atoms with Gasteiger partial charge in [0.05, 0.1) is 12.0 Å². The van der Waals surface area contributed by atoms with Crippen molar-refractivity contribution in [1.29, 1.82) is 0 Å². The molecule has 1 aliphatic rings. The Hall–Kier alpha value is -0.570. The highest BCUT2D eigenvalue weighted by atomic mass is 16.5. The van der Waals surface area contributed by atoms with Crippen molar-refractivity contribution in [3.8, 4) is 0 Å². The Labute approximate surface area is 112 Å². The molecule has 0 aromatic heterocycles. The lowest BCUT2D eigenvalue weighted by molar-refractivity contribution is -0.143. The number of ether oxygens (including phenoxy) is 1. The summed E-state index contributed by atoms with van der Waals surface area (Å²) in [6.45, 7) is 10.7. The summed E-state index contributed by atoms with van der Waals surface area (Å²) in [4.78, 5) is 14.9. The molecule has 5 atom stereocenters. The van der Waals surface area contributed by atoms with Crippen LogP contribution in [0.1, 0.15) is 53.9 Å². The molecule has 0 aromatic carbocycles. The van der Waals surface area contributed by atoms with E-state index in [2.05, 4.69) is 32.6 Å². The van der Waals surface area contributed by atoms with Gasteiger partial charge in [-0.15, -0.1) is 0 Å². The van der Waals surface area contributed by atoms with Crippen molar-refractivity contribution >= 4 is 5.91 Å². The van der Waals surface area contributed by atoms with E-state index in [1.165, 1.54) is 0 Å². The minimum Gasteiger partial charge on any atom is -0.381 e. The van der Waals surface area contributed by atoms with Crippen LogP contribution in [-0.4, -0.2) is 36.1 Å². The molecule has 1 amide bonds. The van der Waals surface area contributed by atoms with Crippen LogP contribution in [-0.2, 0) is 9.53 Å². The van der Waals surface area contributed by atoms with Crippen LogP contribution in [0.25, 0.3) is 0 Å². The standard InChI is InChI=1S/C15H29NO2/c1-7-13-9-10(3)11(4)16(13)15(17)14(8-2)12(5)18-6/h10-14H,7-9H2,1-6H3/t10?,11?,12?,13-,14?/m1/s1. The summed E-state index contributed by atoms with van der Waals surface area (Å²) in [6.07, 6.45) is 3.05. The number of methoxy groups -OCH3 is 1. The zero-order valence-corrected chi connectivity index (χ0v) is 12.8. The molecule has 1 fully saturated rings. The van der Waals surface area contributed by atoms with Crippen LogP contribution in [0.2, 0.25) is 0 Å². The molecule has 0 radical (unpaired) electrons. The topological polar surface area (TPSA) is 29.5 Å². The number of hydrogen-bond donors (Lipinski definition) is 0. The molecule has 0 bridgehead atoms. The fourth-order valence-corrected chi connectivity index (χ4v) is 3.15. The summed E-state index contributed by atoms with van der Waals surface area (Å²) in [5.74, 6) is 0.890. The molecule has 0 spiro atoms. The van der Waals surface area contributed by atoms with Crippen LogP contribution in [0.5, 0.6) is 0 Å². The van der Waals surface area contributed by atoms with Gasteiger partial charge < -0.3 is 9.64 Å². The average molecular weight is 255 g/mol. The van der Waals surface area contributed by atoms with Crippen LogP contribution in [0.3, 0.4) is 0 Å². The molecule has 4 unspecified atom stereocenters. The molecule has 1 saturated heterocycles. The first-order valence-corrected chi connectivity index (χ1v) is 7.32. The highest BCUT2D eigenvalue weighted by molar-refractivity contribution is 5.80. The summed E-state index contributed by atoms with van der Waals surface area (Å²) in [6, 6.07) is 0.779. The van der Waals surface area contributed by atoms with Gasteiger partial charge in [-0.25, -0.2) is 0 Å². The van der Waals surface area contributed by atoms with E-state index >= 15 is 0 Å². The lowest BCUT2D eigenvalue weighted by Gasteiger charge is -2.33. The lowest BCUT2D eigenvalue weighted by atomic mass is 9.97. The first kappa shape index (κ1) is 15.5. The Kier molecular flexibility index (Phi) is 5.64. The number of nitrogens with zero attached hydrogens (tertiary/aromatic N) is 1. The fourth-order valence-electron chi connectivity index (χ4n) is 3.15. The van der Waals surface area contributed by atoms with Gasteiger partial charge in [0.25, 0.3) is 0 Å². The number of amides is 1. The van der Waals surface area contributed by atoms with Crippen molar-refractivity contribution in [2.24, 2.45) is 11.8 Å². The number of carbonyl (C=O) groups is 1. The van der Waals surface area contributed by atoms with E-state index in [9.17, 15) is 4.79 Å². The largest absolute Gasteiger partial charge is 0.381 e. The van der Waals surface area contributed by atoms with E-state index < -0.39 is 0 Å². The van der Waals surface area contributed by atoms with E-state index in [1.807, 2.05) is 6.92 Å². The molecule has 18 heavy (non-hydrogen) atoms. The third kappa shape index (κ3) is 2.87. The summed E-state index contributed by atoms with van der Waals surface area (Å²) in [5, 5.41) is 0. The van der Waals surface area contributed by atoms with Crippen LogP contribution >= 0.6 is 0 Å². The third-order valence-corrected chi connectivity index (χ3v) is 4.72. The smallest absolute Gasteiger partial charge is 0.228 e. The monoisotopic (exact) mass is 255 g/mol. The van der Waals surface area contributed by atoms with E-state index in [1.54, 1.807) is 7.11 Å². The second-order valence-corrected chi connectivity index (χ2v) is 5.72. The molecule has 106 valence electrons. The fraction of sp³-hybridized carbons (Fsp3) is 0.933. The maximum atomic E-state index is 12.7. The molecule has 3 nitrogen and oxygen atoms in total. The number of hydrogen-bond acceptors (Lipinski definition) is 2. The van der Waals surface area contributed by atoms with E-state index in [0.717, 1.165) is 19.3 Å². The number of likely N-dealkylation sites (tertiary alicyclic amines) is 1. The van der Waals surface area contributed by atoms with Gasteiger partial charge in [-0.3, -0.25) is 4.79 Å². The van der Waals surface area contributed by atoms with Crippen molar-refractivity contribution in [1.82, 2.24) is 4.90 Å². The first-order chi connectivity index (χ1) is 8.47. The van der Waals surface area contributed by atoms with E-state index in [0.29, 0.717) is 18.0 Å². The van der Waals surface area contributed by atoms with Gasteiger partial charge in [-0.2, -0.15) is 0 Å². The lowest BCUT2D eigenvalue weighted by Crippen LogP contribution is -2.46. The molecule has 3 heteroatoms. The van der Waals surface area contributed by atoms with Gasteiger partial charge >= 0.3 is 0 Å². The summed E-state index contributed by atoms with van der Waals surface area (Å²) in [5.41, 5.74) is 0. The maximum Gasteiger partial charge on any atom is 0.228 e. The van der Waals surface area contributed by atoms with Crippen molar-refractivity contribution < 1.29 is 9.53 Å². The van der Waals surface area contributed by atoms with E-state index in [4.69, 9.17) is 4.74 Å². The zero-order chi connectivity index (χ0) is 13.9. The van der Waals surface area contributed by atoms with Gasteiger partial charge in [0.1, 0.15) is 0 Å². The quantitative estimate of drug-likeness (QED) is 0.755. The molecular formula is C15H29NO2. The van der Waals surface area contributed by atoms with E-state index in [-0.39, 0.29) is 17.9 Å². The molecular weight excluding hydrogens is 226 g/mol. The molecule has 0 N–H and O–H groups in total. The van der Waals surface area contributed by atoms with Crippen molar-refractivity contribution in [2.45, 2.75) is 72.1 Å². The molecule has 0 saturated carbocycles. The third-order valence-electron chi connectivity index (χ3n) is 4.72. The molecule has 1 rings (SSSR count). The minimum atomic E-state index is -0.00296. The Morgan fingerprint density at radius 3 is 2.44 bits per heavy atom. The molecule has 0 aromatic rings. The zero-order valence-electron chi connectivity index (χ0n) is 12.8. The first-order valence-electron chi connectivity index (χ1n) is 7.32. The summed E-state index contributed by atoms with van der Waals surface area (Å²) < 4.78 is 5.37. The van der Waals surface area contributed by atoms with Gasteiger partial charge in [0.2, 0.25) is 5.91 Å². The normalized spacial score (nSPS) is 31.4. The van der Waals surface area contributed by atoms with Gasteiger partial charge in [-0.05, 0) is 39.0 Å². The summed E-state index contributed by atoms with van der Waals surface area (Å²) >= 11 is 0. The van der Waals surface area contributed by atoms with Crippen LogP contribution in [0.15, 0.2) is 0 Å². The second-order valence-electron chi connectivity index (χ2n) is 5.72. The Bertz CT molecular complexity index is 280. The Balaban J connectivity index is 2.86. The van der Waals surface area contributed by atoms with Crippen LogP contribution < -0.4 is 0 Å². The van der Waals surface area contributed by atoms with Crippen LogP contribution in [0.4, 0.5) is 0 Å². The van der Waals surface area contributed by atoms with Crippen LogP contribution in [0, 0.1) is 11.8 Å². The minimum absolute atomic E-state index is 0.00288. The van der Waals surface area contributed by atoms with Gasteiger partial charge in [0.15, 0.2) is 0 Å². The van der Waals surface area contributed by atoms with Crippen molar-refractivity contribution in [3.63, 3.8) is 0 Å². The predicted octanol–water partition coefficient (Wildman–Crippen LogP) is 3.08. The second kappa shape index (κ2) is 6.55. The highest BCUT2D eigenvalue weighted by Crippen LogP contribution is 2.33.